The first-order valence-corrected chi connectivity index (χ1v) is 3.60. The van der Waals surface area contributed by atoms with Crippen LogP contribution in [0.2, 0.25) is 0 Å². The minimum absolute atomic E-state index is 0.357. The summed E-state index contributed by atoms with van der Waals surface area (Å²) in [7, 11) is 1.18. The third-order valence-electron chi connectivity index (χ3n) is 0.823. The predicted molar refractivity (Wildman–Crippen MR) is 34.3 cm³/mol. The fourth-order valence-electron chi connectivity index (χ4n) is 0.281. The highest BCUT2D eigenvalue weighted by Crippen LogP contribution is 1.82. The van der Waals surface area contributed by atoms with Gasteiger partial charge in [-0.25, -0.2) is 4.79 Å². The van der Waals surface area contributed by atoms with E-state index in [-0.39, 0.29) is 5.71 Å². The van der Waals surface area contributed by atoms with Gasteiger partial charge in [0, 0.05) is 4.97 Å². The molecule has 0 aliphatic rings. The molecule has 1 atom stereocenters. The number of methoxy groups -OCH3 is 1. The summed E-state index contributed by atoms with van der Waals surface area (Å²) in [6, 6.07) is 0. The molecule has 4 nitrogen and oxygen atoms in total. The lowest BCUT2D eigenvalue weighted by molar-refractivity contribution is -0.133. The molecule has 0 amide bonds. The molecule has 0 aromatic rings. The van der Waals surface area contributed by atoms with Crippen LogP contribution in [0.5, 0.6) is 0 Å². The lowest BCUT2D eigenvalue weighted by atomic mass is 10.4. The summed E-state index contributed by atoms with van der Waals surface area (Å²) < 4.78 is 4.17. The van der Waals surface area contributed by atoms with E-state index in [0.29, 0.717) is 16.3 Å². The van der Waals surface area contributed by atoms with Crippen molar-refractivity contribution in [2.75, 3.05) is 7.11 Å². The van der Waals surface area contributed by atoms with Crippen molar-refractivity contribution in [1.82, 2.24) is 0 Å². The summed E-state index contributed by atoms with van der Waals surface area (Å²) in [6.45, 7) is 0. The number of carbonyl (C=O) groups excluding carboxylic acids is 1. The molecule has 1 unspecified atom stereocenters. The second-order valence-corrected chi connectivity index (χ2v) is 2.67. The van der Waals surface area contributed by atoms with Crippen LogP contribution in [-0.2, 0) is 9.53 Å². The molecule has 0 spiro atoms. The summed E-state index contributed by atoms with van der Waals surface area (Å²) in [5.74, 6) is -0.752. The van der Waals surface area contributed by atoms with Gasteiger partial charge in [-0.2, -0.15) is 0 Å². The summed E-state index contributed by atoms with van der Waals surface area (Å²) >= 11 is 0.385. The normalized spacial score (nSPS) is 12.2. The van der Waals surface area contributed by atoms with Crippen LogP contribution in [0.4, 0.5) is 0 Å². The fraction of sp³-hybridized carbons (Fsp3) is 0.500. The Morgan fingerprint density at radius 3 is 2.44 bits per heavy atom. The van der Waals surface area contributed by atoms with Gasteiger partial charge < -0.3 is 9.84 Å². The molecule has 0 aliphatic heterocycles. The standard InChI is InChI=1S/C4H6NO3.Al.2H/c1-8-4(7)3(5)2-6;;;/h2,5-6H,1H3;;;. The molecule has 50 valence electrons. The van der Waals surface area contributed by atoms with Crippen LogP contribution < -0.4 is 0 Å². The van der Waals surface area contributed by atoms with Crippen molar-refractivity contribution in [3.63, 3.8) is 0 Å². The van der Waals surface area contributed by atoms with E-state index in [1.807, 2.05) is 0 Å². The number of esters is 1. The summed E-state index contributed by atoms with van der Waals surface area (Å²) in [5, 5.41) is 15.5. The van der Waals surface area contributed by atoms with E-state index in [2.05, 4.69) is 4.74 Å². The molecule has 0 saturated heterocycles. The molecule has 0 radical (unpaired) electrons. The first kappa shape index (κ1) is 8.63. The molecule has 0 aromatic carbocycles. The number of ether oxygens (including phenoxy) is 1. The van der Waals surface area contributed by atoms with Crippen molar-refractivity contribution >= 4 is 28.0 Å². The molecule has 0 bridgehead atoms. The van der Waals surface area contributed by atoms with E-state index in [1.54, 1.807) is 0 Å². The van der Waals surface area contributed by atoms with Crippen LogP contribution in [0.1, 0.15) is 0 Å². The van der Waals surface area contributed by atoms with Gasteiger partial charge in [-0.15, -0.1) is 0 Å². The molecule has 0 aromatic heterocycles. The maximum Gasteiger partial charge on any atom is 0.352 e. The van der Waals surface area contributed by atoms with Crippen molar-refractivity contribution < 1.29 is 14.6 Å². The van der Waals surface area contributed by atoms with Gasteiger partial charge in [-0.05, 0) is 0 Å². The zero-order valence-corrected chi connectivity index (χ0v) is 7.34. The Morgan fingerprint density at radius 1 is 1.89 bits per heavy atom. The number of rotatable bonds is 2. The van der Waals surface area contributed by atoms with Crippen molar-refractivity contribution in [3.8, 4) is 0 Å². The van der Waals surface area contributed by atoms with Gasteiger partial charge in [-0.3, -0.25) is 5.41 Å². The fourth-order valence-corrected chi connectivity index (χ4v) is 0.516. The second-order valence-electron chi connectivity index (χ2n) is 1.58. The van der Waals surface area contributed by atoms with Gasteiger partial charge >= 0.3 is 5.97 Å². The summed E-state index contributed by atoms with van der Waals surface area (Å²) in [6.07, 6.45) is 0. The van der Waals surface area contributed by atoms with Crippen molar-refractivity contribution in [2.45, 2.75) is 4.97 Å². The minimum atomic E-state index is -0.905. The van der Waals surface area contributed by atoms with Gasteiger partial charge in [0.15, 0.2) is 0 Å². The third-order valence-corrected chi connectivity index (χ3v) is 1.40. The Hall–Kier alpha value is -0.368. The molecule has 2 N–H and O–H groups in total. The van der Waals surface area contributed by atoms with Crippen LogP contribution in [-0.4, -0.2) is 45.2 Å². The topological polar surface area (TPSA) is 70.4 Å². The number of hydrogen-bond acceptors (Lipinski definition) is 4. The number of nitrogens with one attached hydrogen (secondary N) is 1. The van der Waals surface area contributed by atoms with Gasteiger partial charge in [0.2, 0.25) is 0 Å². The maximum absolute atomic E-state index is 10.4. The van der Waals surface area contributed by atoms with E-state index in [0.717, 1.165) is 0 Å². The average molecular weight is 145 g/mol. The first-order chi connectivity index (χ1) is 4.09. The van der Waals surface area contributed by atoms with E-state index >= 15 is 0 Å². The first-order valence-electron chi connectivity index (χ1n) is 2.44. The van der Waals surface area contributed by atoms with Crippen LogP contribution in [0.15, 0.2) is 0 Å². The Morgan fingerprint density at radius 2 is 2.33 bits per heavy atom. The largest absolute Gasteiger partial charge is 0.465 e. The number of carbonyl (C=O) groups is 1. The SMILES string of the molecule is COC(=O)C(=N)[CH](O)[AlH2]. The number of hydrogen-bond donors (Lipinski definition) is 2. The smallest absolute Gasteiger partial charge is 0.352 e. The van der Waals surface area contributed by atoms with Crippen molar-refractivity contribution in [1.29, 1.82) is 5.41 Å². The lowest BCUT2D eigenvalue weighted by Crippen LogP contribution is -2.28. The molecular weight excluding hydrogens is 137 g/mol. The van der Waals surface area contributed by atoms with E-state index in [9.17, 15) is 4.79 Å². The highest BCUT2D eigenvalue weighted by molar-refractivity contribution is 6.45. The average Bonchev–Trinajstić information content (AvgIpc) is 1.84. The highest BCUT2D eigenvalue weighted by atomic mass is 27.0. The van der Waals surface area contributed by atoms with Crippen LogP contribution in [0.3, 0.4) is 0 Å². The molecule has 9 heavy (non-hydrogen) atoms. The summed E-state index contributed by atoms with van der Waals surface area (Å²) in [4.78, 5) is 9.46. The monoisotopic (exact) mass is 145 g/mol. The Labute approximate surface area is 60.8 Å². The molecule has 5 heteroatoms. The van der Waals surface area contributed by atoms with Crippen molar-refractivity contribution in [3.05, 3.63) is 0 Å². The minimum Gasteiger partial charge on any atom is -0.465 e. The maximum atomic E-state index is 10.4. The molecule has 0 rings (SSSR count). The van der Waals surface area contributed by atoms with Gasteiger partial charge in [0.1, 0.15) is 5.71 Å². The lowest BCUT2D eigenvalue weighted by Gasteiger charge is -2.02. The number of aliphatic hydroxyl groups excluding tert-OH is 1. The van der Waals surface area contributed by atoms with E-state index in [4.69, 9.17) is 10.5 Å². The van der Waals surface area contributed by atoms with Gasteiger partial charge in [-0.1, -0.05) is 0 Å². The molecule has 0 saturated carbocycles. The molecule has 0 fully saturated rings. The van der Waals surface area contributed by atoms with Gasteiger partial charge in [0.25, 0.3) is 16.3 Å². The van der Waals surface area contributed by atoms with Crippen LogP contribution in [0.25, 0.3) is 0 Å². The predicted octanol–water partition coefficient (Wildman–Crippen LogP) is -1.87. The Balaban J connectivity index is 3.89. The van der Waals surface area contributed by atoms with Crippen LogP contribution in [0, 0.1) is 5.41 Å². The number of aliphatic hydroxyl groups is 1. The van der Waals surface area contributed by atoms with Gasteiger partial charge in [0.05, 0.1) is 7.11 Å². The molecule has 0 heterocycles. The van der Waals surface area contributed by atoms with E-state index < -0.39 is 10.9 Å². The molecule has 0 aliphatic carbocycles. The quantitative estimate of drug-likeness (QED) is 0.271. The second kappa shape index (κ2) is 3.62. The highest BCUT2D eigenvalue weighted by Gasteiger charge is 2.13. The Bertz CT molecular complexity index is 134. The summed E-state index contributed by atoms with van der Waals surface area (Å²) in [5.41, 5.74) is -0.357. The Kier molecular flexibility index (Phi) is 3.47. The van der Waals surface area contributed by atoms with Crippen LogP contribution >= 0.6 is 0 Å². The molecular formula is C4H8AlNO3. The zero-order valence-electron chi connectivity index (χ0n) is 5.34. The zero-order chi connectivity index (χ0) is 7.44. The van der Waals surface area contributed by atoms with Crippen molar-refractivity contribution in [2.24, 2.45) is 0 Å². The third kappa shape index (κ3) is 2.61. The van der Waals surface area contributed by atoms with E-state index in [1.165, 1.54) is 7.11 Å².